The van der Waals surface area contributed by atoms with Gasteiger partial charge in [-0.1, -0.05) is 0 Å². The van der Waals surface area contributed by atoms with Crippen molar-refractivity contribution in [1.29, 1.82) is 0 Å². The molecular formula is C2H3F3N2O2S. The Morgan fingerprint density at radius 3 is 1.90 bits per heavy atom. The number of hydrogen-bond donors (Lipinski definition) is 1. The van der Waals surface area contributed by atoms with Gasteiger partial charge in [-0.2, -0.15) is 21.6 Å². The maximum absolute atomic E-state index is 11.3. The summed E-state index contributed by atoms with van der Waals surface area (Å²) in [5.41, 5.74) is -1.02. The summed E-state index contributed by atoms with van der Waals surface area (Å²) in [6, 6.07) is 0. The quantitative estimate of drug-likeness (QED) is 0.445. The summed E-state index contributed by atoms with van der Waals surface area (Å²) in [6.45, 7) is 0. The second-order valence-corrected chi connectivity index (χ2v) is 2.80. The summed E-state index contributed by atoms with van der Waals surface area (Å²) >= 11 is 0. The number of hydrogen-bond acceptors (Lipinski definition) is 2. The molecule has 0 heterocycles. The molecule has 0 aromatic rings. The summed E-state index contributed by atoms with van der Waals surface area (Å²) in [4.78, 5) is 0. The summed E-state index contributed by atoms with van der Waals surface area (Å²) in [6.07, 6.45) is 0.0722. The van der Waals surface area contributed by atoms with Crippen LogP contribution >= 0.6 is 0 Å². The maximum atomic E-state index is 11.3. The predicted molar refractivity (Wildman–Crippen MR) is 27.7 cm³/mol. The molecule has 0 aliphatic rings. The molecule has 0 spiro atoms. The van der Waals surface area contributed by atoms with Gasteiger partial charge in [0, 0.05) is 0 Å². The normalized spacial score (nSPS) is 14.3. The van der Waals surface area contributed by atoms with E-state index in [2.05, 4.69) is 5.73 Å². The van der Waals surface area contributed by atoms with Crippen molar-refractivity contribution in [1.82, 2.24) is 0 Å². The minimum Gasteiger partial charge on any atom is -0.389 e. The molecule has 0 bridgehead atoms. The van der Waals surface area contributed by atoms with Gasteiger partial charge in [0.25, 0.3) is 0 Å². The molecule has 0 amide bonds. The molecule has 4 nitrogen and oxygen atoms in total. The molecule has 0 radical (unpaired) electrons. The van der Waals surface area contributed by atoms with Crippen molar-refractivity contribution in [2.24, 2.45) is 10.1 Å². The molecule has 0 fully saturated rings. The van der Waals surface area contributed by atoms with E-state index < -0.39 is 15.5 Å². The van der Waals surface area contributed by atoms with Gasteiger partial charge in [0.15, 0.2) is 0 Å². The second kappa shape index (κ2) is 2.45. The largest absolute Gasteiger partial charge is 0.518 e. The molecule has 0 saturated heterocycles. The van der Waals surface area contributed by atoms with Gasteiger partial charge in [0.05, 0.1) is 6.34 Å². The summed E-state index contributed by atoms with van der Waals surface area (Å²) < 4.78 is 55.5. The van der Waals surface area contributed by atoms with Gasteiger partial charge < -0.3 is 5.73 Å². The van der Waals surface area contributed by atoms with Crippen LogP contribution in [0.1, 0.15) is 0 Å². The zero-order chi connectivity index (χ0) is 8.41. The van der Waals surface area contributed by atoms with Crippen LogP contribution in [0.3, 0.4) is 0 Å². The highest BCUT2D eigenvalue weighted by atomic mass is 32.2. The van der Waals surface area contributed by atoms with Gasteiger partial charge in [-0.15, -0.1) is 4.40 Å². The number of alkyl halides is 3. The molecule has 0 aromatic heterocycles. The Balaban J connectivity index is 4.78. The number of sulfonamides is 1. The zero-order valence-corrected chi connectivity index (χ0v) is 5.28. The standard InChI is InChI=1S/C2H3F3N2O2S/c3-2(4,5)10(8,9)7-1-6/h1H,(H2,6,7). The van der Waals surface area contributed by atoms with Crippen LogP contribution in [-0.4, -0.2) is 20.3 Å². The van der Waals surface area contributed by atoms with Crippen LogP contribution in [0.5, 0.6) is 0 Å². The molecule has 0 atom stereocenters. The Morgan fingerprint density at radius 1 is 1.40 bits per heavy atom. The van der Waals surface area contributed by atoms with E-state index >= 15 is 0 Å². The Bertz CT molecular complexity index is 227. The highest BCUT2D eigenvalue weighted by molar-refractivity contribution is 7.91. The third-order valence-electron chi connectivity index (χ3n) is 0.492. The van der Waals surface area contributed by atoms with Gasteiger partial charge in [-0.25, -0.2) is 0 Å². The third-order valence-corrected chi connectivity index (χ3v) is 1.48. The van der Waals surface area contributed by atoms with Gasteiger partial charge in [-0.05, 0) is 0 Å². The van der Waals surface area contributed by atoms with Crippen molar-refractivity contribution in [2.75, 3.05) is 0 Å². The van der Waals surface area contributed by atoms with Crippen LogP contribution in [0.25, 0.3) is 0 Å². The topological polar surface area (TPSA) is 72.5 Å². The molecule has 0 rings (SSSR count). The lowest BCUT2D eigenvalue weighted by Crippen LogP contribution is -2.21. The van der Waals surface area contributed by atoms with Crippen LogP contribution in [0.15, 0.2) is 4.40 Å². The molecule has 0 unspecified atom stereocenters. The van der Waals surface area contributed by atoms with Crippen LogP contribution < -0.4 is 5.73 Å². The van der Waals surface area contributed by atoms with E-state index in [1.807, 2.05) is 4.40 Å². The van der Waals surface area contributed by atoms with E-state index in [1.165, 1.54) is 0 Å². The van der Waals surface area contributed by atoms with Crippen molar-refractivity contribution in [3.05, 3.63) is 0 Å². The van der Waals surface area contributed by atoms with E-state index in [0.717, 1.165) is 0 Å². The molecule has 0 aliphatic carbocycles. The van der Waals surface area contributed by atoms with Crippen LogP contribution in [-0.2, 0) is 10.0 Å². The van der Waals surface area contributed by atoms with Crippen molar-refractivity contribution < 1.29 is 21.6 Å². The highest BCUT2D eigenvalue weighted by Crippen LogP contribution is 2.23. The van der Waals surface area contributed by atoms with Crippen molar-refractivity contribution in [2.45, 2.75) is 5.51 Å². The van der Waals surface area contributed by atoms with Crippen LogP contribution in [0, 0.1) is 0 Å². The molecule has 2 N–H and O–H groups in total. The Labute approximate surface area is 54.6 Å². The lowest BCUT2D eigenvalue weighted by molar-refractivity contribution is -0.0435. The highest BCUT2D eigenvalue weighted by Gasteiger charge is 2.45. The average Bonchev–Trinajstić information content (AvgIpc) is 1.61. The van der Waals surface area contributed by atoms with Gasteiger partial charge in [0.2, 0.25) is 0 Å². The average molecular weight is 176 g/mol. The van der Waals surface area contributed by atoms with E-state index in [4.69, 9.17) is 0 Å². The van der Waals surface area contributed by atoms with Crippen molar-refractivity contribution in [3.8, 4) is 0 Å². The lowest BCUT2D eigenvalue weighted by Gasteiger charge is -1.99. The fourth-order valence-corrected chi connectivity index (χ4v) is 0.420. The minimum atomic E-state index is -5.40. The fraction of sp³-hybridized carbons (Fsp3) is 0.500. The smallest absolute Gasteiger partial charge is 0.389 e. The Hall–Kier alpha value is -0.790. The van der Waals surface area contributed by atoms with E-state index in [9.17, 15) is 21.6 Å². The first kappa shape index (κ1) is 9.21. The molecule has 8 heteroatoms. The third kappa shape index (κ3) is 1.87. The van der Waals surface area contributed by atoms with E-state index in [1.54, 1.807) is 0 Å². The molecule has 0 aliphatic heterocycles. The number of nitrogens with two attached hydrogens (primary N) is 1. The number of rotatable bonds is 1. The molecule has 10 heavy (non-hydrogen) atoms. The van der Waals surface area contributed by atoms with Gasteiger partial charge >= 0.3 is 15.5 Å². The number of halogens is 3. The van der Waals surface area contributed by atoms with E-state index in [-0.39, 0.29) is 6.34 Å². The van der Waals surface area contributed by atoms with E-state index in [0.29, 0.717) is 0 Å². The van der Waals surface area contributed by atoms with Gasteiger partial charge in [-0.3, -0.25) is 0 Å². The predicted octanol–water partition coefficient (Wildman–Crippen LogP) is -0.177. The minimum absolute atomic E-state index is 0.0722. The Kier molecular flexibility index (Phi) is 2.25. The van der Waals surface area contributed by atoms with Gasteiger partial charge in [0.1, 0.15) is 0 Å². The first-order valence-electron chi connectivity index (χ1n) is 1.88. The fourth-order valence-electron chi connectivity index (χ4n) is 0.140. The van der Waals surface area contributed by atoms with Crippen molar-refractivity contribution in [3.63, 3.8) is 0 Å². The first-order valence-corrected chi connectivity index (χ1v) is 3.32. The van der Waals surface area contributed by atoms with Crippen molar-refractivity contribution >= 4 is 16.4 Å². The maximum Gasteiger partial charge on any atom is 0.518 e. The molecule has 60 valence electrons. The van der Waals surface area contributed by atoms with Crippen LogP contribution in [0.2, 0.25) is 0 Å². The SMILES string of the molecule is N/C=N/S(=O)(=O)C(F)(F)F. The molecule has 0 aromatic carbocycles. The monoisotopic (exact) mass is 176 g/mol. The summed E-state index contributed by atoms with van der Waals surface area (Å²) in [5, 5.41) is 0. The Morgan fingerprint density at radius 2 is 1.80 bits per heavy atom. The summed E-state index contributed by atoms with van der Waals surface area (Å²) in [7, 11) is -5.40. The number of nitrogens with zero attached hydrogens (tertiary/aromatic N) is 1. The summed E-state index contributed by atoms with van der Waals surface area (Å²) in [5.74, 6) is 0. The second-order valence-electron chi connectivity index (χ2n) is 1.18. The molecular weight excluding hydrogens is 173 g/mol. The molecule has 0 saturated carbocycles. The lowest BCUT2D eigenvalue weighted by atomic mass is 11.4. The first-order chi connectivity index (χ1) is 4.31. The van der Waals surface area contributed by atoms with Crippen LogP contribution in [0.4, 0.5) is 13.2 Å². The zero-order valence-electron chi connectivity index (χ0n) is 4.46.